The number of aliphatic carboxylic acids is 1. The Morgan fingerprint density at radius 1 is 1.60 bits per heavy atom. The quantitative estimate of drug-likeness (QED) is 0.751. The van der Waals surface area contributed by atoms with Gasteiger partial charge in [-0.25, -0.2) is 4.98 Å². The van der Waals surface area contributed by atoms with Crippen molar-refractivity contribution in [2.75, 3.05) is 5.32 Å². The second kappa shape index (κ2) is 6.01. The zero-order valence-corrected chi connectivity index (χ0v) is 8.81. The lowest BCUT2D eigenvalue weighted by Crippen LogP contribution is -2.23. The number of nitrogens with zero attached hydrogens (tertiary/aromatic N) is 1. The number of carboxylic acid groups (broad SMARTS) is 1. The fourth-order valence-electron chi connectivity index (χ4n) is 1.44. The third-order valence-corrected chi connectivity index (χ3v) is 2.08. The van der Waals surface area contributed by atoms with Crippen molar-refractivity contribution in [3.05, 3.63) is 24.4 Å². The number of aromatic nitrogens is 1. The van der Waals surface area contributed by atoms with Gasteiger partial charge in [0.2, 0.25) is 0 Å². The van der Waals surface area contributed by atoms with Crippen LogP contribution in [0.15, 0.2) is 24.4 Å². The number of carboxylic acids is 1. The summed E-state index contributed by atoms with van der Waals surface area (Å²) in [5.74, 6) is -0.0471. The summed E-state index contributed by atoms with van der Waals surface area (Å²) in [5.41, 5.74) is 0. The summed E-state index contributed by atoms with van der Waals surface area (Å²) in [6.07, 6.45) is 3.61. The highest BCUT2D eigenvalue weighted by Gasteiger charge is 2.11. The SMILES string of the molecule is CCCC(CC(=O)O)Nc1ccccn1. The maximum absolute atomic E-state index is 10.6. The molecule has 15 heavy (non-hydrogen) atoms. The first-order valence-electron chi connectivity index (χ1n) is 5.11. The molecule has 0 saturated heterocycles. The van der Waals surface area contributed by atoms with Crippen molar-refractivity contribution in [1.82, 2.24) is 4.98 Å². The van der Waals surface area contributed by atoms with E-state index in [1.54, 1.807) is 6.20 Å². The molecule has 82 valence electrons. The van der Waals surface area contributed by atoms with Gasteiger partial charge >= 0.3 is 5.97 Å². The van der Waals surface area contributed by atoms with Crippen molar-refractivity contribution in [2.45, 2.75) is 32.2 Å². The molecule has 1 aromatic heterocycles. The highest BCUT2D eigenvalue weighted by atomic mass is 16.4. The molecule has 2 N–H and O–H groups in total. The first-order valence-corrected chi connectivity index (χ1v) is 5.11. The van der Waals surface area contributed by atoms with Crippen LogP contribution in [-0.4, -0.2) is 22.1 Å². The third kappa shape index (κ3) is 4.44. The third-order valence-electron chi connectivity index (χ3n) is 2.08. The van der Waals surface area contributed by atoms with E-state index in [0.29, 0.717) is 0 Å². The van der Waals surface area contributed by atoms with Crippen LogP contribution >= 0.6 is 0 Å². The van der Waals surface area contributed by atoms with Crippen molar-refractivity contribution in [3.8, 4) is 0 Å². The summed E-state index contributed by atoms with van der Waals surface area (Å²) < 4.78 is 0. The summed E-state index contributed by atoms with van der Waals surface area (Å²) in [6.45, 7) is 2.04. The van der Waals surface area contributed by atoms with Crippen LogP contribution in [0.3, 0.4) is 0 Å². The molecule has 4 heteroatoms. The molecular formula is C11H16N2O2. The van der Waals surface area contributed by atoms with Crippen molar-refractivity contribution in [2.24, 2.45) is 0 Å². The fourth-order valence-corrected chi connectivity index (χ4v) is 1.44. The summed E-state index contributed by atoms with van der Waals surface area (Å²) in [4.78, 5) is 14.7. The Labute approximate surface area is 89.3 Å². The first-order chi connectivity index (χ1) is 7.22. The van der Waals surface area contributed by atoms with Gasteiger partial charge < -0.3 is 10.4 Å². The van der Waals surface area contributed by atoms with E-state index < -0.39 is 5.97 Å². The Balaban J connectivity index is 2.54. The summed E-state index contributed by atoms with van der Waals surface area (Å²) in [7, 11) is 0. The van der Waals surface area contributed by atoms with Crippen LogP contribution in [0.2, 0.25) is 0 Å². The number of nitrogens with one attached hydrogen (secondary N) is 1. The van der Waals surface area contributed by atoms with Crippen molar-refractivity contribution >= 4 is 11.8 Å². The largest absolute Gasteiger partial charge is 0.481 e. The zero-order chi connectivity index (χ0) is 11.1. The molecule has 1 rings (SSSR count). The van der Waals surface area contributed by atoms with E-state index in [9.17, 15) is 4.79 Å². The van der Waals surface area contributed by atoms with Crippen LogP contribution in [0.1, 0.15) is 26.2 Å². The monoisotopic (exact) mass is 208 g/mol. The summed E-state index contributed by atoms with van der Waals surface area (Å²) in [6, 6.07) is 5.50. The Hall–Kier alpha value is -1.58. The molecule has 1 aromatic rings. The van der Waals surface area contributed by atoms with Crippen molar-refractivity contribution in [3.63, 3.8) is 0 Å². The molecule has 0 amide bonds. The number of rotatable bonds is 6. The van der Waals surface area contributed by atoms with Gasteiger partial charge in [0.1, 0.15) is 5.82 Å². The van der Waals surface area contributed by atoms with E-state index in [2.05, 4.69) is 10.3 Å². The minimum Gasteiger partial charge on any atom is -0.481 e. The molecule has 1 heterocycles. The molecule has 0 aromatic carbocycles. The van der Waals surface area contributed by atoms with Crippen molar-refractivity contribution < 1.29 is 9.90 Å². The minimum atomic E-state index is -0.781. The number of hydrogen-bond acceptors (Lipinski definition) is 3. The predicted octanol–water partition coefficient (Wildman–Crippen LogP) is 2.14. The standard InChI is InChI=1S/C11H16N2O2/c1-2-5-9(8-11(14)15)13-10-6-3-4-7-12-10/h3-4,6-7,9H,2,5,8H2,1H3,(H,12,13)(H,14,15). The second-order valence-corrected chi connectivity index (χ2v) is 3.44. The van der Waals surface area contributed by atoms with Crippen LogP contribution in [0.5, 0.6) is 0 Å². The van der Waals surface area contributed by atoms with Crippen molar-refractivity contribution in [1.29, 1.82) is 0 Å². The molecule has 0 spiro atoms. The van der Waals surface area contributed by atoms with E-state index in [1.807, 2.05) is 25.1 Å². The molecule has 0 radical (unpaired) electrons. The van der Waals surface area contributed by atoms with Gasteiger partial charge in [0, 0.05) is 12.2 Å². The smallest absolute Gasteiger partial charge is 0.305 e. The maximum Gasteiger partial charge on any atom is 0.305 e. The van der Waals surface area contributed by atoms with E-state index >= 15 is 0 Å². The first kappa shape index (κ1) is 11.5. The van der Waals surface area contributed by atoms with E-state index in [4.69, 9.17) is 5.11 Å². The Morgan fingerprint density at radius 3 is 2.93 bits per heavy atom. The molecule has 0 fully saturated rings. The molecule has 0 aliphatic heterocycles. The number of pyridine rings is 1. The average molecular weight is 208 g/mol. The van der Waals surface area contributed by atoms with Gasteiger partial charge in [-0.2, -0.15) is 0 Å². The van der Waals surface area contributed by atoms with Gasteiger partial charge in [0.05, 0.1) is 6.42 Å². The van der Waals surface area contributed by atoms with Gasteiger partial charge in [-0.1, -0.05) is 19.4 Å². The fraction of sp³-hybridized carbons (Fsp3) is 0.455. The van der Waals surface area contributed by atoms with Crippen LogP contribution < -0.4 is 5.32 Å². The lowest BCUT2D eigenvalue weighted by Gasteiger charge is -2.16. The van der Waals surface area contributed by atoms with Gasteiger partial charge in [0.15, 0.2) is 0 Å². The molecule has 0 saturated carbocycles. The van der Waals surface area contributed by atoms with Crippen LogP contribution in [0.4, 0.5) is 5.82 Å². The predicted molar refractivity (Wildman–Crippen MR) is 58.8 cm³/mol. The molecule has 0 aliphatic rings. The van der Waals surface area contributed by atoms with Gasteiger partial charge in [0.25, 0.3) is 0 Å². The summed E-state index contributed by atoms with van der Waals surface area (Å²) >= 11 is 0. The zero-order valence-electron chi connectivity index (χ0n) is 8.81. The number of anilines is 1. The Bertz CT molecular complexity index is 301. The Morgan fingerprint density at radius 2 is 2.40 bits per heavy atom. The van der Waals surface area contributed by atoms with Gasteiger partial charge in [-0.3, -0.25) is 4.79 Å². The average Bonchev–Trinajstić information content (AvgIpc) is 2.18. The highest BCUT2D eigenvalue weighted by Crippen LogP contribution is 2.09. The number of hydrogen-bond donors (Lipinski definition) is 2. The molecule has 4 nitrogen and oxygen atoms in total. The van der Waals surface area contributed by atoms with Crippen LogP contribution in [0, 0.1) is 0 Å². The Kier molecular flexibility index (Phi) is 4.60. The lowest BCUT2D eigenvalue weighted by atomic mass is 10.1. The van der Waals surface area contributed by atoms with Crippen LogP contribution in [-0.2, 0) is 4.79 Å². The highest BCUT2D eigenvalue weighted by molar-refractivity contribution is 5.68. The van der Waals surface area contributed by atoms with E-state index in [-0.39, 0.29) is 12.5 Å². The molecule has 1 unspecified atom stereocenters. The van der Waals surface area contributed by atoms with E-state index in [1.165, 1.54) is 0 Å². The van der Waals surface area contributed by atoms with Crippen LogP contribution in [0.25, 0.3) is 0 Å². The normalized spacial score (nSPS) is 12.1. The number of carbonyl (C=O) groups is 1. The molecule has 0 aliphatic carbocycles. The maximum atomic E-state index is 10.6. The molecule has 0 bridgehead atoms. The van der Waals surface area contributed by atoms with E-state index in [0.717, 1.165) is 18.7 Å². The summed E-state index contributed by atoms with van der Waals surface area (Å²) in [5, 5.41) is 11.8. The topological polar surface area (TPSA) is 62.2 Å². The lowest BCUT2D eigenvalue weighted by molar-refractivity contribution is -0.137. The van der Waals surface area contributed by atoms with Gasteiger partial charge in [-0.15, -0.1) is 0 Å². The second-order valence-electron chi connectivity index (χ2n) is 3.44. The molecular weight excluding hydrogens is 192 g/mol. The molecule has 1 atom stereocenters. The minimum absolute atomic E-state index is 0.0394. The van der Waals surface area contributed by atoms with Gasteiger partial charge in [-0.05, 0) is 18.6 Å².